The second-order valence-electron chi connectivity index (χ2n) is 4.11. The van der Waals surface area contributed by atoms with Gasteiger partial charge >= 0.3 is 0 Å². The Morgan fingerprint density at radius 3 is 2.80 bits per heavy atom. The monoisotopic (exact) mass is 202 g/mol. The van der Waals surface area contributed by atoms with Crippen molar-refractivity contribution in [2.45, 2.75) is 25.8 Å². The Hall–Kier alpha value is -1.28. The van der Waals surface area contributed by atoms with Crippen LogP contribution in [0.3, 0.4) is 0 Å². The van der Waals surface area contributed by atoms with Crippen LogP contribution >= 0.6 is 0 Å². The van der Waals surface area contributed by atoms with Crippen molar-refractivity contribution in [3.63, 3.8) is 0 Å². The third kappa shape index (κ3) is 1.77. The van der Waals surface area contributed by atoms with Crippen molar-refractivity contribution >= 4 is 10.9 Å². The summed E-state index contributed by atoms with van der Waals surface area (Å²) >= 11 is 0. The van der Waals surface area contributed by atoms with Crippen LogP contribution in [0.15, 0.2) is 30.5 Å². The topological polar surface area (TPSA) is 30.9 Å². The van der Waals surface area contributed by atoms with Gasteiger partial charge < -0.3 is 10.3 Å². The fourth-order valence-electron chi connectivity index (χ4n) is 2.14. The van der Waals surface area contributed by atoms with Crippen molar-refractivity contribution in [2.75, 3.05) is 0 Å². The van der Waals surface area contributed by atoms with Crippen molar-refractivity contribution in [1.29, 1.82) is 0 Å². The second kappa shape index (κ2) is 4.07. The molecule has 1 unspecified atom stereocenters. The number of hydrogen-bond donors (Lipinski definition) is 1. The van der Waals surface area contributed by atoms with Crippen LogP contribution in [0.5, 0.6) is 0 Å². The van der Waals surface area contributed by atoms with E-state index in [1.165, 1.54) is 16.5 Å². The fourth-order valence-corrected chi connectivity index (χ4v) is 2.14. The standard InChI is InChI=1S/C13H18N2/c1-3-6-12(14)11-9-15(2)13-8-5-4-7-10(11)13/h4-5,7-9,12H,3,6,14H2,1-2H3. The molecule has 0 radical (unpaired) electrons. The predicted molar refractivity (Wildman–Crippen MR) is 64.8 cm³/mol. The Kier molecular flexibility index (Phi) is 2.78. The zero-order chi connectivity index (χ0) is 10.8. The van der Waals surface area contributed by atoms with E-state index in [2.05, 4.69) is 49.0 Å². The number of hydrogen-bond acceptors (Lipinski definition) is 1. The lowest BCUT2D eigenvalue weighted by atomic mass is 10.0. The van der Waals surface area contributed by atoms with Gasteiger partial charge in [0.2, 0.25) is 0 Å². The van der Waals surface area contributed by atoms with Gasteiger partial charge in [0.1, 0.15) is 0 Å². The number of nitrogens with zero attached hydrogens (tertiary/aromatic N) is 1. The fraction of sp³-hybridized carbons (Fsp3) is 0.385. The van der Waals surface area contributed by atoms with Gasteiger partial charge in [-0.05, 0) is 18.1 Å². The number of para-hydroxylation sites is 1. The van der Waals surface area contributed by atoms with E-state index in [0.29, 0.717) is 0 Å². The van der Waals surface area contributed by atoms with Crippen LogP contribution in [0.1, 0.15) is 31.4 Å². The van der Waals surface area contributed by atoms with Crippen molar-refractivity contribution in [1.82, 2.24) is 4.57 Å². The lowest BCUT2D eigenvalue weighted by Crippen LogP contribution is -2.08. The van der Waals surface area contributed by atoms with Crippen molar-refractivity contribution in [3.8, 4) is 0 Å². The summed E-state index contributed by atoms with van der Waals surface area (Å²) in [6.45, 7) is 2.17. The Labute approximate surface area is 90.7 Å². The van der Waals surface area contributed by atoms with E-state index < -0.39 is 0 Å². The highest BCUT2D eigenvalue weighted by molar-refractivity contribution is 5.84. The number of nitrogens with two attached hydrogens (primary N) is 1. The summed E-state index contributed by atoms with van der Waals surface area (Å²) in [5.74, 6) is 0. The SMILES string of the molecule is CCCC(N)c1cn(C)c2ccccc12. The molecule has 0 aliphatic heterocycles. The number of rotatable bonds is 3. The van der Waals surface area contributed by atoms with Crippen LogP contribution in [0, 0.1) is 0 Å². The van der Waals surface area contributed by atoms with E-state index >= 15 is 0 Å². The minimum absolute atomic E-state index is 0.168. The van der Waals surface area contributed by atoms with Gasteiger partial charge in [0.25, 0.3) is 0 Å². The molecule has 0 saturated heterocycles. The van der Waals surface area contributed by atoms with Crippen molar-refractivity contribution < 1.29 is 0 Å². The zero-order valence-electron chi connectivity index (χ0n) is 9.40. The average Bonchev–Trinajstić information content (AvgIpc) is 2.58. The maximum absolute atomic E-state index is 6.17. The van der Waals surface area contributed by atoms with E-state index in [9.17, 15) is 0 Å². The molecular weight excluding hydrogens is 184 g/mol. The van der Waals surface area contributed by atoms with Crippen LogP contribution in [0.4, 0.5) is 0 Å². The van der Waals surface area contributed by atoms with Gasteiger partial charge in [0.15, 0.2) is 0 Å². The Bertz CT molecular complexity index is 457. The molecule has 15 heavy (non-hydrogen) atoms. The van der Waals surface area contributed by atoms with E-state index in [1.54, 1.807) is 0 Å². The molecule has 2 nitrogen and oxygen atoms in total. The van der Waals surface area contributed by atoms with E-state index in [0.717, 1.165) is 12.8 Å². The van der Waals surface area contributed by atoms with Crippen molar-refractivity contribution in [2.24, 2.45) is 12.8 Å². The van der Waals surface area contributed by atoms with Crippen LogP contribution in [-0.2, 0) is 7.05 Å². The third-order valence-electron chi connectivity index (χ3n) is 2.93. The largest absolute Gasteiger partial charge is 0.350 e. The van der Waals surface area contributed by atoms with Gasteiger partial charge in [0, 0.05) is 30.2 Å². The second-order valence-corrected chi connectivity index (χ2v) is 4.11. The number of aromatic nitrogens is 1. The third-order valence-corrected chi connectivity index (χ3v) is 2.93. The first-order valence-corrected chi connectivity index (χ1v) is 5.53. The molecule has 1 heterocycles. The molecule has 80 valence electrons. The molecule has 0 bridgehead atoms. The molecule has 0 saturated carbocycles. The highest BCUT2D eigenvalue weighted by atomic mass is 14.9. The Morgan fingerprint density at radius 2 is 2.07 bits per heavy atom. The number of fused-ring (bicyclic) bond motifs is 1. The van der Waals surface area contributed by atoms with Crippen LogP contribution in [-0.4, -0.2) is 4.57 Å². The molecule has 2 N–H and O–H groups in total. The van der Waals surface area contributed by atoms with E-state index in [-0.39, 0.29) is 6.04 Å². The first-order valence-electron chi connectivity index (χ1n) is 5.53. The highest BCUT2D eigenvalue weighted by Gasteiger charge is 2.11. The summed E-state index contributed by atoms with van der Waals surface area (Å²) in [6.07, 6.45) is 4.34. The molecular formula is C13H18N2. The maximum Gasteiger partial charge on any atom is 0.0481 e. The summed E-state index contributed by atoms with van der Waals surface area (Å²) in [7, 11) is 2.07. The summed E-state index contributed by atoms with van der Waals surface area (Å²) < 4.78 is 2.15. The summed E-state index contributed by atoms with van der Waals surface area (Å²) in [6, 6.07) is 8.60. The summed E-state index contributed by atoms with van der Waals surface area (Å²) in [5, 5.41) is 1.29. The van der Waals surface area contributed by atoms with Crippen LogP contribution in [0.25, 0.3) is 10.9 Å². The molecule has 2 rings (SSSR count). The minimum Gasteiger partial charge on any atom is -0.350 e. The van der Waals surface area contributed by atoms with Gasteiger partial charge in [-0.25, -0.2) is 0 Å². The molecule has 0 fully saturated rings. The molecule has 0 aliphatic carbocycles. The predicted octanol–water partition coefficient (Wildman–Crippen LogP) is 2.98. The quantitative estimate of drug-likeness (QED) is 0.815. The molecule has 1 atom stereocenters. The maximum atomic E-state index is 6.17. The highest BCUT2D eigenvalue weighted by Crippen LogP contribution is 2.26. The van der Waals surface area contributed by atoms with Gasteiger partial charge in [-0.15, -0.1) is 0 Å². The van der Waals surface area contributed by atoms with Crippen LogP contribution in [0.2, 0.25) is 0 Å². The molecule has 2 heteroatoms. The minimum atomic E-state index is 0.168. The van der Waals surface area contributed by atoms with Gasteiger partial charge in [-0.3, -0.25) is 0 Å². The van der Waals surface area contributed by atoms with E-state index in [4.69, 9.17) is 5.73 Å². The number of benzene rings is 1. The lowest BCUT2D eigenvalue weighted by Gasteiger charge is -2.08. The zero-order valence-corrected chi connectivity index (χ0v) is 9.40. The molecule has 2 aromatic rings. The Morgan fingerprint density at radius 1 is 1.33 bits per heavy atom. The molecule has 0 amide bonds. The normalized spacial score (nSPS) is 13.3. The molecule has 0 aliphatic rings. The van der Waals surface area contributed by atoms with E-state index in [1.807, 2.05) is 0 Å². The smallest absolute Gasteiger partial charge is 0.0481 e. The molecule has 0 spiro atoms. The summed E-state index contributed by atoms with van der Waals surface area (Å²) in [4.78, 5) is 0. The molecule has 1 aromatic heterocycles. The van der Waals surface area contributed by atoms with Gasteiger partial charge in [-0.2, -0.15) is 0 Å². The lowest BCUT2D eigenvalue weighted by molar-refractivity contribution is 0.640. The Balaban J connectivity index is 2.52. The van der Waals surface area contributed by atoms with Gasteiger partial charge in [-0.1, -0.05) is 31.5 Å². The average molecular weight is 202 g/mol. The first-order chi connectivity index (χ1) is 7.24. The van der Waals surface area contributed by atoms with Crippen LogP contribution < -0.4 is 5.73 Å². The first kappa shape index (κ1) is 10.2. The van der Waals surface area contributed by atoms with Gasteiger partial charge in [0.05, 0.1) is 0 Å². The number of aryl methyl sites for hydroxylation is 1. The molecule has 1 aromatic carbocycles. The van der Waals surface area contributed by atoms with Crippen molar-refractivity contribution in [3.05, 3.63) is 36.0 Å². The summed E-state index contributed by atoms with van der Waals surface area (Å²) in [5.41, 5.74) is 8.71.